The molecule has 0 aromatic heterocycles. The Hall–Kier alpha value is -3.15. The lowest BCUT2D eigenvalue weighted by molar-refractivity contribution is -0.147. The van der Waals surface area contributed by atoms with Gasteiger partial charge in [0.2, 0.25) is 0 Å². The van der Waals surface area contributed by atoms with Gasteiger partial charge in [-0.15, -0.1) is 0 Å². The molecule has 1 saturated heterocycles. The molecule has 0 aliphatic carbocycles. The number of hydrogen-bond acceptors (Lipinski definition) is 11. The SMILES string of the molecule is C=CCOC(=O)O.CC(C)CC(=O)CC(C)C.CC(C)CCOC(=O)C(C)C.CC(C)CCOCCC(C)C.CCC(=O)OCCC(C)C.O=C1OCCO1. The Labute approximate surface area is 336 Å². The zero-order valence-corrected chi connectivity index (χ0v) is 37.7. The van der Waals surface area contributed by atoms with E-state index < -0.39 is 12.3 Å². The number of esters is 2. The number of carbonyl (C=O) groups excluding carboxylic acids is 4. The minimum Gasteiger partial charge on any atom is -0.466 e. The first kappa shape index (κ1) is 61.1. The van der Waals surface area contributed by atoms with E-state index in [1.54, 1.807) is 6.92 Å². The van der Waals surface area contributed by atoms with Gasteiger partial charge in [-0.25, -0.2) is 9.59 Å². The van der Waals surface area contributed by atoms with E-state index in [1.807, 2.05) is 13.8 Å². The average molecular weight is 793 g/mol. The van der Waals surface area contributed by atoms with Crippen LogP contribution in [0.2, 0.25) is 0 Å². The van der Waals surface area contributed by atoms with Gasteiger partial charge < -0.3 is 33.5 Å². The first-order chi connectivity index (χ1) is 25.5. The van der Waals surface area contributed by atoms with E-state index >= 15 is 0 Å². The van der Waals surface area contributed by atoms with E-state index in [0.717, 1.165) is 50.7 Å². The van der Waals surface area contributed by atoms with Crippen LogP contribution in [-0.4, -0.2) is 81.4 Å². The highest BCUT2D eigenvalue weighted by atomic mass is 16.8. The molecule has 0 amide bonds. The van der Waals surface area contributed by atoms with Gasteiger partial charge in [-0.05, 0) is 61.2 Å². The van der Waals surface area contributed by atoms with Crippen molar-refractivity contribution in [3.63, 3.8) is 0 Å². The number of ether oxygens (including phenoxy) is 6. The highest BCUT2D eigenvalue weighted by Gasteiger charge is 2.10. The number of ketones is 1. The van der Waals surface area contributed by atoms with E-state index in [0.29, 0.717) is 62.3 Å². The van der Waals surface area contributed by atoms with E-state index in [1.165, 1.54) is 18.9 Å². The van der Waals surface area contributed by atoms with Crippen LogP contribution in [-0.2, 0) is 42.8 Å². The molecule has 1 fully saturated rings. The zero-order valence-electron chi connectivity index (χ0n) is 37.7. The van der Waals surface area contributed by atoms with Gasteiger partial charge >= 0.3 is 24.2 Å². The molecule has 0 saturated carbocycles. The molecule has 0 bridgehead atoms. The molecule has 1 aliphatic rings. The molecule has 55 heavy (non-hydrogen) atoms. The highest BCUT2D eigenvalue weighted by molar-refractivity contribution is 5.78. The first-order valence-electron chi connectivity index (χ1n) is 20.2. The predicted octanol–water partition coefficient (Wildman–Crippen LogP) is 11.0. The Balaban J connectivity index is -0.000000184. The zero-order chi connectivity index (χ0) is 43.8. The third-order valence-corrected chi connectivity index (χ3v) is 6.46. The van der Waals surface area contributed by atoms with Crippen LogP contribution in [0.25, 0.3) is 0 Å². The quantitative estimate of drug-likeness (QED) is 0.0538. The van der Waals surface area contributed by atoms with Crippen LogP contribution in [0, 0.1) is 41.4 Å². The molecule has 0 spiro atoms. The third-order valence-electron chi connectivity index (χ3n) is 6.46. The van der Waals surface area contributed by atoms with Crippen molar-refractivity contribution < 1.29 is 57.5 Å². The van der Waals surface area contributed by atoms with Crippen LogP contribution >= 0.6 is 0 Å². The van der Waals surface area contributed by atoms with Gasteiger partial charge in [0.1, 0.15) is 25.6 Å². The van der Waals surface area contributed by atoms with Crippen molar-refractivity contribution in [2.75, 3.05) is 46.2 Å². The molecule has 0 unspecified atom stereocenters. The summed E-state index contributed by atoms with van der Waals surface area (Å²) in [6.07, 6.45) is 5.85. The average Bonchev–Trinajstić information content (AvgIpc) is 3.54. The summed E-state index contributed by atoms with van der Waals surface area (Å²) < 4.78 is 27.9. The fourth-order valence-electron chi connectivity index (χ4n) is 3.23. The predicted molar refractivity (Wildman–Crippen MR) is 221 cm³/mol. The van der Waals surface area contributed by atoms with Crippen LogP contribution in [0.1, 0.15) is 149 Å². The first-order valence-corrected chi connectivity index (χ1v) is 20.2. The molecule has 1 N–H and O–H groups in total. The fourth-order valence-corrected chi connectivity index (χ4v) is 3.23. The molecule has 1 aliphatic heterocycles. The van der Waals surface area contributed by atoms with Crippen molar-refractivity contribution in [2.45, 2.75) is 149 Å². The number of Topliss-reactive ketones (excluding diaryl/α,β-unsaturated/α-hetero) is 1. The molecule has 12 heteroatoms. The van der Waals surface area contributed by atoms with Crippen LogP contribution in [0.4, 0.5) is 9.59 Å². The number of hydrogen-bond donors (Lipinski definition) is 1. The molecule has 1 heterocycles. The minimum atomic E-state index is -1.26. The molecule has 0 atom stereocenters. The van der Waals surface area contributed by atoms with Gasteiger partial charge in [0, 0.05) is 32.5 Å². The van der Waals surface area contributed by atoms with Crippen molar-refractivity contribution in [3.8, 4) is 0 Å². The van der Waals surface area contributed by atoms with Gasteiger partial charge in [-0.1, -0.05) is 117 Å². The molecule has 0 radical (unpaired) electrons. The summed E-state index contributed by atoms with van der Waals surface area (Å²) in [4.78, 5) is 51.8. The monoisotopic (exact) mass is 793 g/mol. The topological polar surface area (TPSA) is 161 Å². The lowest BCUT2D eigenvalue weighted by Crippen LogP contribution is -2.13. The maximum Gasteiger partial charge on any atom is 0.508 e. The van der Waals surface area contributed by atoms with E-state index in [9.17, 15) is 24.0 Å². The summed E-state index contributed by atoms with van der Waals surface area (Å²) in [5.74, 6) is 4.03. The maximum absolute atomic E-state index is 11.1. The van der Waals surface area contributed by atoms with Crippen molar-refractivity contribution >= 4 is 30.0 Å². The van der Waals surface area contributed by atoms with Crippen molar-refractivity contribution in [1.82, 2.24) is 0 Å². The van der Waals surface area contributed by atoms with Gasteiger partial charge in [0.15, 0.2) is 0 Å². The number of carbonyl (C=O) groups is 5. The summed E-state index contributed by atoms with van der Waals surface area (Å²) in [5, 5.41) is 7.77. The Morgan fingerprint density at radius 3 is 1.27 bits per heavy atom. The second-order valence-electron chi connectivity index (χ2n) is 15.8. The minimum absolute atomic E-state index is 0.00200. The smallest absolute Gasteiger partial charge is 0.466 e. The normalized spacial score (nSPS) is 11.3. The maximum atomic E-state index is 11.1. The van der Waals surface area contributed by atoms with Crippen molar-refractivity contribution in [3.05, 3.63) is 12.7 Å². The molecular formula is C43H84O12. The number of carboxylic acid groups (broad SMARTS) is 1. The number of rotatable bonds is 20. The molecule has 0 aromatic carbocycles. The van der Waals surface area contributed by atoms with Crippen LogP contribution in [0.3, 0.4) is 0 Å². The fraction of sp³-hybridized carbons (Fsp3) is 0.837. The Bertz CT molecular complexity index is 895. The molecule has 328 valence electrons. The summed E-state index contributed by atoms with van der Waals surface area (Å²) >= 11 is 0. The van der Waals surface area contributed by atoms with Gasteiger partial charge in [-0.3, -0.25) is 14.4 Å². The van der Waals surface area contributed by atoms with Crippen LogP contribution < -0.4 is 0 Å². The van der Waals surface area contributed by atoms with Gasteiger partial charge in [0.25, 0.3) is 0 Å². The number of cyclic esters (lactones) is 2. The molecule has 1 rings (SSSR count). The summed E-state index contributed by atoms with van der Waals surface area (Å²) in [5.41, 5.74) is 0. The molecular weight excluding hydrogens is 708 g/mol. The van der Waals surface area contributed by atoms with Gasteiger partial charge in [0.05, 0.1) is 19.1 Å². The Morgan fingerprint density at radius 1 is 0.636 bits per heavy atom. The molecule has 0 aromatic rings. The van der Waals surface area contributed by atoms with Gasteiger partial charge in [-0.2, -0.15) is 0 Å². The highest BCUT2D eigenvalue weighted by Crippen LogP contribution is 2.08. The van der Waals surface area contributed by atoms with Crippen molar-refractivity contribution in [2.24, 2.45) is 41.4 Å². The third kappa shape index (κ3) is 69.3. The van der Waals surface area contributed by atoms with E-state index in [4.69, 9.17) is 19.3 Å². The van der Waals surface area contributed by atoms with Crippen LogP contribution in [0.5, 0.6) is 0 Å². The van der Waals surface area contributed by atoms with E-state index in [2.05, 4.69) is 104 Å². The molecule has 12 nitrogen and oxygen atoms in total. The van der Waals surface area contributed by atoms with E-state index in [-0.39, 0.29) is 24.5 Å². The van der Waals surface area contributed by atoms with Crippen molar-refractivity contribution in [1.29, 1.82) is 0 Å². The summed E-state index contributed by atoms with van der Waals surface area (Å²) in [7, 11) is 0. The summed E-state index contributed by atoms with van der Waals surface area (Å²) in [6.45, 7) is 38.3. The standard InChI is InChI=1S/C10H22O.C9H18O2.C9H18O.C8H16O2.C4H6O3.C3H4O3/c1-9(2)5-7-11-8-6-10(3)4;1-7(2)5-6-11-9(10)8(3)4;1-7(2)5-9(10)6-8(3)4;1-4-8(9)10-6-5-7(2)3;1-2-3-7-4(5)6;4-3-5-1-2-6-3/h9-10H,5-8H2,1-4H3;7-8H,5-6H2,1-4H3;7-8H,5-6H2,1-4H3;7H,4-6H2,1-3H3;2H,1,3H2,(H,5,6);1-2H2. The van der Waals surface area contributed by atoms with Crippen LogP contribution in [0.15, 0.2) is 12.7 Å². The lowest BCUT2D eigenvalue weighted by Gasteiger charge is -2.07. The Morgan fingerprint density at radius 2 is 1.02 bits per heavy atom. The largest absolute Gasteiger partial charge is 0.508 e. The summed E-state index contributed by atoms with van der Waals surface area (Å²) in [6, 6.07) is 0. The Kier molecular flexibility index (Phi) is 48.4. The second-order valence-corrected chi connectivity index (χ2v) is 15.8. The second kappa shape index (κ2) is 43.6. The lowest BCUT2D eigenvalue weighted by atomic mass is 10.00.